The molecule has 1 fully saturated rings. The minimum absolute atomic E-state index is 0.121. The van der Waals surface area contributed by atoms with Crippen molar-refractivity contribution in [3.05, 3.63) is 48.3 Å². The summed E-state index contributed by atoms with van der Waals surface area (Å²) in [5.74, 6) is -5.11. The highest BCUT2D eigenvalue weighted by Crippen LogP contribution is 2.29. The van der Waals surface area contributed by atoms with Crippen molar-refractivity contribution >= 4 is 34.4 Å². The Morgan fingerprint density at radius 2 is 1.88 bits per heavy atom. The van der Waals surface area contributed by atoms with Gasteiger partial charge in [-0.25, -0.2) is 9.18 Å². The van der Waals surface area contributed by atoms with Crippen LogP contribution in [0.3, 0.4) is 0 Å². The minimum atomic E-state index is -5.25. The highest BCUT2D eigenvalue weighted by Gasteiger charge is 2.42. The Labute approximate surface area is 189 Å². The molecule has 1 unspecified atom stereocenters. The molecule has 0 bridgehead atoms. The van der Waals surface area contributed by atoms with Gasteiger partial charge in [-0.2, -0.15) is 18.3 Å². The molecule has 12 heteroatoms. The van der Waals surface area contributed by atoms with E-state index < -0.39 is 30.6 Å². The van der Waals surface area contributed by atoms with Crippen molar-refractivity contribution in [1.29, 1.82) is 0 Å². The Bertz CT molecular complexity index is 1240. The number of nitrogens with one attached hydrogen (secondary N) is 2. The van der Waals surface area contributed by atoms with Crippen LogP contribution in [0.25, 0.3) is 22.2 Å². The van der Waals surface area contributed by atoms with Crippen LogP contribution < -0.4 is 5.32 Å². The van der Waals surface area contributed by atoms with Crippen molar-refractivity contribution < 1.29 is 36.7 Å². The summed E-state index contributed by atoms with van der Waals surface area (Å²) in [5.41, 5.74) is 2.50. The second-order valence-corrected chi connectivity index (χ2v) is 7.81. The highest BCUT2D eigenvalue weighted by atomic mass is 19.4. The van der Waals surface area contributed by atoms with Crippen LogP contribution in [0.15, 0.2) is 42.5 Å². The first-order valence-corrected chi connectivity index (χ1v) is 10.2. The fourth-order valence-electron chi connectivity index (χ4n) is 3.73. The molecule has 3 aromatic rings. The quantitative estimate of drug-likeness (QED) is 0.332. The van der Waals surface area contributed by atoms with Gasteiger partial charge in [-0.05, 0) is 55.4 Å². The van der Waals surface area contributed by atoms with E-state index in [0.29, 0.717) is 23.4 Å². The number of aromatic nitrogens is 2. The van der Waals surface area contributed by atoms with Crippen molar-refractivity contribution in [2.75, 3.05) is 25.0 Å². The molecule has 4 rings (SSSR count). The number of esters is 2. The van der Waals surface area contributed by atoms with Gasteiger partial charge in [0.25, 0.3) is 0 Å². The lowest BCUT2D eigenvalue weighted by Gasteiger charge is -2.15. The van der Waals surface area contributed by atoms with E-state index in [-0.39, 0.29) is 24.8 Å². The molecule has 2 N–H and O–H groups in total. The molecular weight excluding hydrogens is 460 g/mol. The zero-order valence-corrected chi connectivity index (χ0v) is 17.5. The maximum Gasteiger partial charge on any atom is 0.491 e. The zero-order chi connectivity index (χ0) is 24.5. The number of alkyl halides is 3. The van der Waals surface area contributed by atoms with Gasteiger partial charge in [-0.3, -0.25) is 19.6 Å². The number of amides is 1. The van der Waals surface area contributed by atoms with Gasteiger partial charge < -0.3 is 10.1 Å². The number of carbonyl (C=O) groups excluding carboxylic acids is 3. The first kappa shape index (κ1) is 23.4. The SMILES string of the molecule is O=C(CN1CCC(C(=O)Nc2ccc3[nH]nc(-c4ccc(F)cc4)c3c2)C1)OC(=O)C(F)(F)F. The van der Waals surface area contributed by atoms with E-state index >= 15 is 0 Å². The number of halogens is 4. The number of aromatic amines is 1. The number of ether oxygens (including phenoxy) is 1. The summed E-state index contributed by atoms with van der Waals surface area (Å²) in [6.07, 6.45) is -4.88. The van der Waals surface area contributed by atoms with Crippen molar-refractivity contribution in [2.24, 2.45) is 5.92 Å². The van der Waals surface area contributed by atoms with Gasteiger partial charge in [0.2, 0.25) is 5.91 Å². The van der Waals surface area contributed by atoms with Crippen LogP contribution >= 0.6 is 0 Å². The topological polar surface area (TPSA) is 104 Å². The van der Waals surface area contributed by atoms with Gasteiger partial charge in [0, 0.05) is 23.2 Å². The Morgan fingerprint density at radius 3 is 2.59 bits per heavy atom. The molecule has 8 nitrogen and oxygen atoms in total. The predicted molar refractivity (Wildman–Crippen MR) is 112 cm³/mol. The lowest BCUT2D eigenvalue weighted by atomic mass is 10.1. The number of likely N-dealkylation sites (tertiary alicyclic amines) is 1. The normalized spacial score (nSPS) is 16.5. The third kappa shape index (κ3) is 5.22. The largest absolute Gasteiger partial charge is 0.491 e. The van der Waals surface area contributed by atoms with Gasteiger partial charge in [0.15, 0.2) is 0 Å². The van der Waals surface area contributed by atoms with Gasteiger partial charge in [0.1, 0.15) is 5.82 Å². The third-order valence-electron chi connectivity index (χ3n) is 5.38. The van der Waals surface area contributed by atoms with Crippen LogP contribution in [0.5, 0.6) is 0 Å². The van der Waals surface area contributed by atoms with Crippen molar-refractivity contribution in [1.82, 2.24) is 15.1 Å². The monoisotopic (exact) mass is 478 g/mol. The number of nitrogens with zero attached hydrogens (tertiary/aromatic N) is 2. The van der Waals surface area contributed by atoms with Crippen LogP contribution in [0.4, 0.5) is 23.2 Å². The summed E-state index contributed by atoms with van der Waals surface area (Å²) in [6.45, 7) is -0.133. The van der Waals surface area contributed by atoms with Crippen LogP contribution in [-0.4, -0.2) is 58.8 Å². The van der Waals surface area contributed by atoms with Crippen LogP contribution in [-0.2, 0) is 19.1 Å². The summed E-state index contributed by atoms with van der Waals surface area (Å²) in [7, 11) is 0. The van der Waals surface area contributed by atoms with E-state index in [2.05, 4.69) is 20.3 Å². The molecule has 178 valence electrons. The maximum absolute atomic E-state index is 13.2. The highest BCUT2D eigenvalue weighted by molar-refractivity contribution is 5.99. The Morgan fingerprint density at radius 1 is 1.15 bits per heavy atom. The molecule has 1 saturated heterocycles. The van der Waals surface area contributed by atoms with E-state index in [1.165, 1.54) is 17.0 Å². The Hall–Kier alpha value is -3.80. The number of H-pyrrole nitrogens is 1. The van der Waals surface area contributed by atoms with E-state index in [4.69, 9.17) is 0 Å². The lowest BCUT2D eigenvalue weighted by Crippen LogP contribution is -2.35. The van der Waals surface area contributed by atoms with Gasteiger partial charge in [-0.1, -0.05) is 0 Å². The Balaban J connectivity index is 1.38. The molecule has 1 atom stereocenters. The smallest absolute Gasteiger partial charge is 0.385 e. The second kappa shape index (κ2) is 9.21. The number of rotatable bonds is 5. The van der Waals surface area contributed by atoms with E-state index in [1.807, 2.05) is 0 Å². The summed E-state index contributed by atoms with van der Waals surface area (Å²) in [6, 6.07) is 11.0. The number of carbonyl (C=O) groups is 3. The molecule has 2 aromatic carbocycles. The van der Waals surface area contributed by atoms with Gasteiger partial charge in [0.05, 0.1) is 23.7 Å². The van der Waals surface area contributed by atoms with Crippen molar-refractivity contribution in [3.8, 4) is 11.3 Å². The maximum atomic E-state index is 13.2. The van der Waals surface area contributed by atoms with Gasteiger partial charge in [-0.15, -0.1) is 0 Å². The fourth-order valence-corrected chi connectivity index (χ4v) is 3.73. The third-order valence-corrected chi connectivity index (χ3v) is 5.38. The molecular formula is C22H18F4N4O4. The number of benzene rings is 2. The van der Waals surface area contributed by atoms with Crippen LogP contribution in [0, 0.1) is 11.7 Å². The van der Waals surface area contributed by atoms with Crippen molar-refractivity contribution in [2.45, 2.75) is 12.6 Å². The van der Waals surface area contributed by atoms with Crippen LogP contribution in [0.1, 0.15) is 6.42 Å². The van der Waals surface area contributed by atoms with E-state index in [0.717, 1.165) is 10.9 Å². The summed E-state index contributed by atoms with van der Waals surface area (Å²) in [4.78, 5) is 36.5. The minimum Gasteiger partial charge on any atom is -0.385 e. The Kier molecular flexibility index (Phi) is 6.33. The zero-order valence-electron chi connectivity index (χ0n) is 17.5. The second-order valence-electron chi connectivity index (χ2n) is 7.81. The van der Waals surface area contributed by atoms with Crippen molar-refractivity contribution in [3.63, 3.8) is 0 Å². The molecule has 1 aliphatic heterocycles. The first-order chi connectivity index (χ1) is 16.1. The summed E-state index contributed by atoms with van der Waals surface area (Å²) >= 11 is 0. The number of hydrogen-bond donors (Lipinski definition) is 2. The number of anilines is 1. The molecule has 1 aliphatic rings. The first-order valence-electron chi connectivity index (χ1n) is 10.2. The molecule has 0 radical (unpaired) electrons. The predicted octanol–water partition coefficient (Wildman–Crippen LogP) is 3.26. The molecule has 1 aromatic heterocycles. The number of hydrogen-bond acceptors (Lipinski definition) is 6. The summed E-state index contributed by atoms with van der Waals surface area (Å²) in [5, 5.41) is 10.7. The standard InChI is InChI=1S/C22H18F4N4O4/c23-14-3-1-12(2-4-14)19-16-9-15(5-6-17(16)28-29-19)27-20(32)13-7-8-30(10-13)11-18(31)34-21(33)22(24,25)26/h1-6,9,13H,7-8,10-11H2,(H,27,32)(H,28,29). The van der Waals surface area contributed by atoms with Gasteiger partial charge >= 0.3 is 18.1 Å². The lowest BCUT2D eigenvalue weighted by molar-refractivity contribution is -0.202. The average Bonchev–Trinajstić information content (AvgIpc) is 3.40. The number of fused-ring (bicyclic) bond motifs is 1. The van der Waals surface area contributed by atoms with Crippen LogP contribution in [0.2, 0.25) is 0 Å². The molecule has 0 spiro atoms. The summed E-state index contributed by atoms with van der Waals surface area (Å²) < 4.78 is 53.6. The molecule has 0 saturated carbocycles. The fraction of sp³-hybridized carbons (Fsp3) is 0.273. The molecule has 2 heterocycles. The molecule has 0 aliphatic carbocycles. The van der Waals surface area contributed by atoms with E-state index in [9.17, 15) is 31.9 Å². The molecule has 34 heavy (non-hydrogen) atoms. The average molecular weight is 478 g/mol. The van der Waals surface area contributed by atoms with E-state index in [1.54, 1.807) is 30.3 Å². The molecule has 1 amide bonds.